The van der Waals surface area contributed by atoms with Gasteiger partial charge in [0.1, 0.15) is 0 Å². The molecule has 15 heavy (non-hydrogen) atoms. The van der Waals surface area contributed by atoms with Gasteiger partial charge >= 0.3 is 0 Å². The molecule has 0 radical (unpaired) electrons. The minimum Gasteiger partial charge on any atom is -0.381 e. The van der Waals surface area contributed by atoms with E-state index in [0.29, 0.717) is 5.54 Å². The molecule has 0 aromatic heterocycles. The van der Waals surface area contributed by atoms with Crippen LogP contribution in [0.4, 0.5) is 0 Å². The zero-order valence-electron chi connectivity index (χ0n) is 10.1. The lowest BCUT2D eigenvalue weighted by atomic mass is 9.83. The zero-order chi connectivity index (χ0) is 10.6. The molecule has 2 rings (SSSR count). The summed E-state index contributed by atoms with van der Waals surface area (Å²) in [6.45, 7) is 5.62. The van der Waals surface area contributed by atoms with Crippen LogP contribution in [0.15, 0.2) is 0 Å². The third kappa shape index (κ3) is 3.46. The smallest absolute Gasteiger partial charge is 0.0494 e. The predicted octanol–water partition coefficient (Wildman–Crippen LogP) is 2.73. The van der Waals surface area contributed by atoms with Crippen LogP contribution in [0.25, 0.3) is 0 Å². The molecule has 0 bridgehead atoms. The number of piperidine rings is 1. The van der Waals surface area contributed by atoms with E-state index in [1.807, 2.05) is 0 Å². The van der Waals surface area contributed by atoms with Crippen molar-refractivity contribution in [3.05, 3.63) is 0 Å². The summed E-state index contributed by atoms with van der Waals surface area (Å²) in [6, 6.07) is 0. The van der Waals surface area contributed by atoms with Crippen LogP contribution in [-0.2, 0) is 4.74 Å². The lowest BCUT2D eigenvalue weighted by Gasteiger charge is -2.36. The van der Waals surface area contributed by atoms with Crippen LogP contribution in [0.5, 0.6) is 0 Å². The number of hydrogen-bond acceptors (Lipinski definition) is 2. The van der Waals surface area contributed by atoms with Crippen molar-refractivity contribution >= 4 is 0 Å². The van der Waals surface area contributed by atoms with Crippen LogP contribution in [0.3, 0.4) is 0 Å². The van der Waals surface area contributed by atoms with E-state index in [9.17, 15) is 0 Å². The molecule has 0 aromatic rings. The molecule has 0 aliphatic carbocycles. The van der Waals surface area contributed by atoms with Gasteiger partial charge in [-0.1, -0.05) is 6.42 Å². The molecule has 1 N–H and O–H groups in total. The molecule has 2 unspecified atom stereocenters. The van der Waals surface area contributed by atoms with Crippen LogP contribution in [0.1, 0.15) is 51.9 Å². The van der Waals surface area contributed by atoms with Crippen molar-refractivity contribution in [2.45, 2.75) is 57.4 Å². The second-order valence-corrected chi connectivity index (χ2v) is 5.57. The molecule has 0 spiro atoms. The fraction of sp³-hybridized carbons (Fsp3) is 1.00. The maximum absolute atomic E-state index is 5.53. The summed E-state index contributed by atoms with van der Waals surface area (Å²) >= 11 is 0. The highest BCUT2D eigenvalue weighted by atomic mass is 16.5. The van der Waals surface area contributed by atoms with Gasteiger partial charge in [-0.25, -0.2) is 0 Å². The van der Waals surface area contributed by atoms with E-state index >= 15 is 0 Å². The Morgan fingerprint density at radius 1 is 1.33 bits per heavy atom. The van der Waals surface area contributed by atoms with Gasteiger partial charge in [-0.05, 0) is 57.9 Å². The van der Waals surface area contributed by atoms with Crippen molar-refractivity contribution in [2.24, 2.45) is 5.92 Å². The van der Waals surface area contributed by atoms with Gasteiger partial charge in [0.05, 0.1) is 0 Å². The molecule has 2 heterocycles. The molecule has 88 valence electrons. The lowest BCUT2D eigenvalue weighted by Crippen LogP contribution is -2.46. The average molecular weight is 211 g/mol. The lowest BCUT2D eigenvalue weighted by molar-refractivity contribution is 0.0469. The van der Waals surface area contributed by atoms with Crippen molar-refractivity contribution in [1.29, 1.82) is 0 Å². The van der Waals surface area contributed by atoms with Crippen molar-refractivity contribution in [1.82, 2.24) is 5.32 Å². The SMILES string of the molecule is CC1(CCC2CCCOC2)CCCCN1. The first-order chi connectivity index (χ1) is 7.29. The average Bonchev–Trinajstić information content (AvgIpc) is 2.29. The second kappa shape index (κ2) is 5.31. The maximum atomic E-state index is 5.53. The molecular formula is C13H25NO. The van der Waals surface area contributed by atoms with Crippen LogP contribution in [0.2, 0.25) is 0 Å². The Bertz CT molecular complexity index is 181. The van der Waals surface area contributed by atoms with Crippen molar-refractivity contribution in [3.63, 3.8) is 0 Å². The van der Waals surface area contributed by atoms with Crippen molar-refractivity contribution in [2.75, 3.05) is 19.8 Å². The van der Waals surface area contributed by atoms with Crippen LogP contribution >= 0.6 is 0 Å². The first-order valence-electron chi connectivity index (χ1n) is 6.61. The molecule has 2 nitrogen and oxygen atoms in total. The zero-order valence-corrected chi connectivity index (χ0v) is 10.1. The van der Waals surface area contributed by atoms with Gasteiger partial charge in [0.15, 0.2) is 0 Å². The largest absolute Gasteiger partial charge is 0.381 e. The first-order valence-corrected chi connectivity index (χ1v) is 6.61. The Balaban J connectivity index is 1.70. The third-order valence-corrected chi connectivity index (χ3v) is 4.07. The summed E-state index contributed by atoms with van der Waals surface area (Å²) in [6.07, 6.45) is 9.47. The molecule has 0 saturated carbocycles. The van der Waals surface area contributed by atoms with E-state index in [4.69, 9.17) is 4.74 Å². The molecule has 2 saturated heterocycles. The fourth-order valence-corrected chi connectivity index (χ4v) is 2.89. The fourth-order valence-electron chi connectivity index (χ4n) is 2.89. The van der Waals surface area contributed by atoms with Gasteiger partial charge in [0.25, 0.3) is 0 Å². The molecule has 2 heteroatoms. The van der Waals surface area contributed by atoms with Crippen LogP contribution in [-0.4, -0.2) is 25.3 Å². The second-order valence-electron chi connectivity index (χ2n) is 5.57. The van der Waals surface area contributed by atoms with Gasteiger partial charge in [-0.2, -0.15) is 0 Å². The van der Waals surface area contributed by atoms with Crippen molar-refractivity contribution in [3.8, 4) is 0 Å². The number of hydrogen-bond donors (Lipinski definition) is 1. The van der Waals surface area contributed by atoms with Crippen molar-refractivity contribution < 1.29 is 4.74 Å². The van der Waals surface area contributed by atoms with Gasteiger partial charge in [0.2, 0.25) is 0 Å². The Morgan fingerprint density at radius 2 is 2.27 bits per heavy atom. The molecule has 0 amide bonds. The van der Waals surface area contributed by atoms with Crippen LogP contribution in [0, 0.1) is 5.92 Å². The van der Waals surface area contributed by atoms with E-state index in [2.05, 4.69) is 12.2 Å². The summed E-state index contributed by atoms with van der Waals surface area (Å²) in [5, 5.41) is 3.69. The minimum absolute atomic E-state index is 0.426. The summed E-state index contributed by atoms with van der Waals surface area (Å²) in [7, 11) is 0. The van der Waals surface area contributed by atoms with E-state index in [1.165, 1.54) is 51.5 Å². The molecule has 2 aliphatic heterocycles. The Kier molecular flexibility index (Phi) is 4.04. The highest BCUT2D eigenvalue weighted by molar-refractivity contribution is 4.87. The van der Waals surface area contributed by atoms with Gasteiger partial charge in [-0.3, -0.25) is 0 Å². The summed E-state index contributed by atoms with van der Waals surface area (Å²) in [5.41, 5.74) is 0.426. The normalized spacial score (nSPS) is 37.8. The molecule has 0 aromatic carbocycles. The topological polar surface area (TPSA) is 21.3 Å². The first kappa shape index (κ1) is 11.4. The number of ether oxygens (including phenoxy) is 1. The molecular weight excluding hydrogens is 186 g/mol. The molecule has 2 fully saturated rings. The standard InChI is InChI=1S/C13H25NO/c1-13(7-2-3-9-14-13)8-6-12-5-4-10-15-11-12/h12,14H,2-11H2,1H3. The van der Waals surface area contributed by atoms with E-state index in [-0.39, 0.29) is 0 Å². The van der Waals surface area contributed by atoms with E-state index in [0.717, 1.165) is 19.1 Å². The summed E-state index contributed by atoms with van der Waals surface area (Å²) < 4.78 is 5.53. The monoisotopic (exact) mass is 211 g/mol. The Morgan fingerprint density at radius 3 is 2.93 bits per heavy atom. The quantitative estimate of drug-likeness (QED) is 0.775. The van der Waals surface area contributed by atoms with Crippen LogP contribution < -0.4 is 5.32 Å². The van der Waals surface area contributed by atoms with E-state index in [1.54, 1.807) is 0 Å². The number of nitrogens with one attached hydrogen (secondary N) is 1. The Labute approximate surface area is 93.8 Å². The van der Waals surface area contributed by atoms with Gasteiger partial charge in [-0.15, -0.1) is 0 Å². The highest BCUT2D eigenvalue weighted by Crippen LogP contribution is 2.28. The van der Waals surface area contributed by atoms with Gasteiger partial charge in [0, 0.05) is 18.8 Å². The summed E-state index contributed by atoms with van der Waals surface area (Å²) in [5.74, 6) is 0.833. The minimum atomic E-state index is 0.426. The molecule has 2 atom stereocenters. The Hall–Kier alpha value is -0.0800. The molecule has 2 aliphatic rings. The van der Waals surface area contributed by atoms with E-state index < -0.39 is 0 Å². The maximum Gasteiger partial charge on any atom is 0.0494 e. The predicted molar refractivity (Wildman–Crippen MR) is 63.0 cm³/mol. The summed E-state index contributed by atoms with van der Waals surface area (Å²) in [4.78, 5) is 0. The van der Waals surface area contributed by atoms with Gasteiger partial charge < -0.3 is 10.1 Å². The highest BCUT2D eigenvalue weighted by Gasteiger charge is 2.27. The third-order valence-electron chi connectivity index (χ3n) is 4.07. The number of rotatable bonds is 3.